The van der Waals surface area contributed by atoms with Crippen LogP contribution >= 0.6 is 11.8 Å². The van der Waals surface area contributed by atoms with Crippen LogP contribution in [0.1, 0.15) is 6.42 Å². The lowest BCUT2D eigenvalue weighted by molar-refractivity contribution is -0.127. The Bertz CT molecular complexity index is 414. The Balaban J connectivity index is 2.37. The molecule has 1 aromatic carbocycles. The number of rotatable bonds is 5. The molecule has 0 spiro atoms. The van der Waals surface area contributed by atoms with E-state index >= 15 is 0 Å². The van der Waals surface area contributed by atoms with E-state index in [0.717, 1.165) is 4.90 Å². The van der Waals surface area contributed by atoms with E-state index in [4.69, 9.17) is 5.26 Å². The van der Waals surface area contributed by atoms with Crippen molar-refractivity contribution in [3.8, 4) is 6.07 Å². The molecule has 0 aliphatic rings. The van der Waals surface area contributed by atoms with Crippen LogP contribution in [-0.4, -0.2) is 30.2 Å². The molecule has 1 amide bonds. The quantitative estimate of drug-likeness (QED) is 0.755. The van der Waals surface area contributed by atoms with Gasteiger partial charge in [-0.15, -0.1) is 11.8 Å². The van der Waals surface area contributed by atoms with E-state index in [1.807, 2.05) is 6.07 Å². The first-order valence-corrected chi connectivity index (χ1v) is 6.11. The molecule has 90 valence electrons. The predicted octanol–water partition coefficient (Wildman–Crippen LogP) is 2.29. The zero-order valence-electron chi connectivity index (χ0n) is 9.52. The molecule has 1 aromatic rings. The molecule has 0 atom stereocenters. The van der Waals surface area contributed by atoms with Gasteiger partial charge in [-0.2, -0.15) is 5.26 Å². The summed E-state index contributed by atoms with van der Waals surface area (Å²) < 4.78 is 12.6. The number of thioether (sulfide) groups is 1. The number of hydrogen-bond donors (Lipinski definition) is 0. The molecule has 0 heterocycles. The molecule has 0 saturated carbocycles. The van der Waals surface area contributed by atoms with Crippen molar-refractivity contribution < 1.29 is 9.18 Å². The van der Waals surface area contributed by atoms with Gasteiger partial charge in [0.2, 0.25) is 5.91 Å². The Labute approximate surface area is 104 Å². The fraction of sp³-hybridized carbons (Fsp3) is 0.333. The first-order chi connectivity index (χ1) is 8.13. The van der Waals surface area contributed by atoms with E-state index in [-0.39, 0.29) is 11.7 Å². The number of hydrogen-bond acceptors (Lipinski definition) is 3. The molecule has 0 radical (unpaired) electrons. The van der Waals surface area contributed by atoms with Crippen LogP contribution in [0.3, 0.4) is 0 Å². The van der Waals surface area contributed by atoms with Gasteiger partial charge < -0.3 is 4.90 Å². The van der Waals surface area contributed by atoms with E-state index in [9.17, 15) is 9.18 Å². The minimum atomic E-state index is -0.285. The van der Waals surface area contributed by atoms with E-state index in [0.29, 0.717) is 18.7 Å². The number of carbonyl (C=O) groups is 1. The van der Waals surface area contributed by atoms with E-state index in [2.05, 4.69) is 0 Å². The molecule has 0 aliphatic carbocycles. The molecule has 0 saturated heterocycles. The molecule has 0 bridgehead atoms. The molecule has 0 aliphatic heterocycles. The summed E-state index contributed by atoms with van der Waals surface area (Å²) in [5.41, 5.74) is 0. The van der Waals surface area contributed by atoms with Crippen molar-refractivity contribution in [2.24, 2.45) is 0 Å². The summed E-state index contributed by atoms with van der Waals surface area (Å²) in [5.74, 6) is -0.0190. The molecule has 3 nitrogen and oxygen atoms in total. The number of carbonyl (C=O) groups excluding carboxylic acids is 1. The van der Waals surface area contributed by atoms with Crippen molar-refractivity contribution in [3.63, 3.8) is 0 Å². The van der Waals surface area contributed by atoms with Crippen LogP contribution in [0.5, 0.6) is 0 Å². The Kier molecular flexibility index (Phi) is 5.50. The van der Waals surface area contributed by atoms with Crippen LogP contribution < -0.4 is 0 Å². The van der Waals surface area contributed by atoms with Crippen LogP contribution in [-0.2, 0) is 4.79 Å². The van der Waals surface area contributed by atoms with Crippen molar-refractivity contribution >= 4 is 17.7 Å². The van der Waals surface area contributed by atoms with E-state index < -0.39 is 0 Å². The average molecular weight is 252 g/mol. The standard InChI is InChI=1S/C12H13FN2OS/c1-15(8-2-7-14)12(16)9-17-11-5-3-10(13)4-6-11/h3-6H,2,8-9H2,1H3. The minimum Gasteiger partial charge on any atom is -0.344 e. The predicted molar refractivity (Wildman–Crippen MR) is 65.0 cm³/mol. The Morgan fingerprint density at radius 3 is 2.71 bits per heavy atom. The molecule has 17 heavy (non-hydrogen) atoms. The highest BCUT2D eigenvalue weighted by Crippen LogP contribution is 2.18. The van der Waals surface area contributed by atoms with Gasteiger partial charge in [0.05, 0.1) is 18.2 Å². The highest BCUT2D eigenvalue weighted by Gasteiger charge is 2.08. The highest BCUT2D eigenvalue weighted by molar-refractivity contribution is 8.00. The third kappa shape index (κ3) is 4.87. The maximum absolute atomic E-state index is 12.6. The number of nitriles is 1. The topological polar surface area (TPSA) is 44.1 Å². The number of benzene rings is 1. The second-order valence-corrected chi connectivity index (χ2v) is 4.51. The zero-order valence-corrected chi connectivity index (χ0v) is 10.3. The average Bonchev–Trinajstić information content (AvgIpc) is 2.34. The highest BCUT2D eigenvalue weighted by atomic mass is 32.2. The molecule has 1 rings (SSSR count). The van der Waals surface area contributed by atoms with Gasteiger partial charge in [-0.1, -0.05) is 0 Å². The van der Waals surface area contributed by atoms with Crippen LogP contribution in [0.2, 0.25) is 0 Å². The minimum absolute atomic E-state index is 0.0328. The van der Waals surface area contributed by atoms with Gasteiger partial charge in [-0.3, -0.25) is 4.79 Å². The second-order valence-electron chi connectivity index (χ2n) is 3.47. The summed E-state index contributed by atoms with van der Waals surface area (Å²) >= 11 is 1.36. The summed E-state index contributed by atoms with van der Waals surface area (Å²) in [7, 11) is 1.67. The Hall–Kier alpha value is -1.54. The van der Waals surface area contributed by atoms with Crippen LogP contribution in [0, 0.1) is 17.1 Å². The third-order valence-electron chi connectivity index (χ3n) is 2.16. The van der Waals surface area contributed by atoms with Crippen molar-refractivity contribution in [3.05, 3.63) is 30.1 Å². The fourth-order valence-corrected chi connectivity index (χ4v) is 1.97. The summed E-state index contributed by atoms with van der Waals surface area (Å²) in [6, 6.07) is 8.01. The Morgan fingerprint density at radius 1 is 1.47 bits per heavy atom. The molecule has 0 N–H and O–H groups in total. The second kappa shape index (κ2) is 6.92. The van der Waals surface area contributed by atoms with Crippen molar-refractivity contribution in [1.29, 1.82) is 5.26 Å². The van der Waals surface area contributed by atoms with Crippen LogP contribution in [0.25, 0.3) is 0 Å². The monoisotopic (exact) mass is 252 g/mol. The third-order valence-corrected chi connectivity index (χ3v) is 3.16. The molecular formula is C12H13FN2OS. The molecule has 0 fully saturated rings. The fourth-order valence-electron chi connectivity index (χ4n) is 1.13. The van der Waals surface area contributed by atoms with Gasteiger partial charge in [0, 0.05) is 18.5 Å². The summed E-state index contributed by atoms with van der Waals surface area (Å²) in [6.07, 6.45) is 0.337. The van der Waals surface area contributed by atoms with Gasteiger partial charge in [0.1, 0.15) is 5.82 Å². The molecule has 5 heteroatoms. The summed E-state index contributed by atoms with van der Waals surface area (Å²) in [4.78, 5) is 14.0. The van der Waals surface area contributed by atoms with Gasteiger partial charge in [0.15, 0.2) is 0 Å². The summed E-state index contributed by atoms with van der Waals surface area (Å²) in [6.45, 7) is 0.444. The smallest absolute Gasteiger partial charge is 0.232 e. The van der Waals surface area contributed by atoms with E-state index in [1.54, 1.807) is 19.2 Å². The van der Waals surface area contributed by atoms with Crippen molar-refractivity contribution in [2.75, 3.05) is 19.3 Å². The maximum atomic E-state index is 12.6. The Morgan fingerprint density at radius 2 is 2.12 bits per heavy atom. The summed E-state index contributed by atoms with van der Waals surface area (Å²) in [5, 5.41) is 8.40. The number of amides is 1. The molecular weight excluding hydrogens is 239 g/mol. The van der Waals surface area contributed by atoms with Crippen LogP contribution in [0.4, 0.5) is 4.39 Å². The zero-order chi connectivity index (χ0) is 12.7. The van der Waals surface area contributed by atoms with Crippen molar-refractivity contribution in [1.82, 2.24) is 4.90 Å². The normalized spacial score (nSPS) is 9.71. The lowest BCUT2D eigenvalue weighted by Crippen LogP contribution is -2.29. The largest absolute Gasteiger partial charge is 0.344 e. The SMILES string of the molecule is CN(CCC#N)C(=O)CSc1ccc(F)cc1. The lowest BCUT2D eigenvalue weighted by atomic mass is 10.4. The molecule has 0 aromatic heterocycles. The van der Waals surface area contributed by atoms with E-state index in [1.165, 1.54) is 28.8 Å². The van der Waals surface area contributed by atoms with Gasteiger partial charge in [-0.05, 0) is 24.3 Å². The van der Waals surface area contributed by atoms with Gasteiger partial charge in [-0.25, -0.2) is 4.39 Å². The first-order valence-electron chi connectivity index (χ1n) is 5.13. The maximum Gasteiger partial charge on any atom is 0.232 e. The van der Waals surface area contributed by atoms with Crippen molar-refractivity contribution in [2.45, 2.75) is 11.3 Å². The van der Waals surface area contributed by atoms with Gasteiger partial charge in [0.25, 0.3) is 0 Å². The molecule has 0 unspecified atom stereocenters. The van der Waals surface area contributed by atoms with Crippen LogP contribution in [0.15, 0.2) is 29.2 Å². The first kappa shape index (κ1) is 13.5. The van der Waals surface area contributed by atoms with Gasteiger partial charge >= 0.3 is 0 Å². The number of halogens is 1. The number of nitrogens with zero attached hydrogens (tertiary/aromatic N) is 2. The lowest BCUT2D eigenvalue weighted by Gasteiger charge is -2.14.